The quantitative estimate of drug-likeness (QED) is 0.750. The molecule has 6 heteroatoms. The molecule has 0 saturated heterocycles. The van der Waals surface area contributed by atoms with Crippen molar-refractivity contribution in [2.24, 2.45) is 0 Å². The number of benzene rings is 1. The van der Waals surface area contributed by atoms with Gasteiger partial charge in [-0.3, -0.25) is 4.79 Å². The van der Waals surface area contributed by atoms with E-state index >= 15 is 0 Å². The molecule has 2 heterocycles. The number of rotatable bonds is 4. The highest BCUT2D eigenvalue weighted by atomic mass is 32.1. The molecule has 2 aromatic heterocycles. The molecule has 0 aliphatic heterocycles. The number of carbonyl (C=O) groups is 1. The Bertz CT molecular complexity index is 981. The summed E-state index contributed by atoms with van der Waals surface area (Å²) in [6.45, 7) is 3.96. The third-order valence-electron chi connectivity index (χ3n) is 4.94. The Morgan fingerprint density at radius 3 is 2.96 bits per heavy atom. The second-order valence-corrected chi connectivity index (χ2v) is 7.74. The minimum atomic E-state index is -0.186. The second-order valence-electron chi connectivity index (χ2n) is 6.65. The van der Waals surface area contributed by atoms with Gasteiger partial charge in [0.15, 0.2) is 6.61 Å². The number of amides is 1. The molecule has 1 amide bonds. The van der Waals surface area contributed by atoms with Gasteiger partial charge in [0, 0.05) is 10.6 Å². The van der Waals surface area contributed by atoms with Crippen molar-refractivity contribution >= 4 is 33.1 Å². The second kappa shape index (κ2) is 7.03. The Labute approximate surface area is 156 Å². The topological polar surface area (TPSA) is 64.1 Å². The van der Waals surface area contributed by atoms with Crippen LogP contribution in [0.15, 0.2) is 24.5 Å². The molecular weight excluding hydrogens is 346 g/mol. The van der Waals surface area contributed by atoms with Crippen LogP contribution < -0.4 is 10.1 Å². The minimum absolute atomic E-state index is 0.0654. The lowest BCUT2D eigenvalue weighted by Gasteiger charge is -2.13. The zero-order valence-electron chi connectivity index (χ0n) is 15.0. The minimum Gasteiger partial charge on any atom is -0.467 e. The summed E-state index contributed by atoms with van der Waals surface area (Å²) in [6.07, 6.45) is 6.06. The Hall–Kier alpha value is -2.47. The Kier molecular flexibility index (Phi) is 4.59. The number of aryl methyl sites for hydroxylation is 3. The van der Waals surface area contributed by atoms with Crippen molar-refractivity contribution in [1.82, 2.24) is 9.97 Å². The Balaban J connectivity index is 1.52. The molecule has 1 N–H and O–H groups in total. The van der Waals surface area contributed by atoms with Crippen molar-refractivity contribution in [2.75, 3.05) is 11.9 Å². The summed E-state index contributed by atoms with van der Waals surface area (Å²) in [5.41, 5.74) is 4.34. The number of hydrogen-bond acceptors (Lipinski definition) is 5. The average molecular weight is 367 g/mol. The Morgan fingerprint density at radius 1 is 1.23 bits per heavy atom. The maximum Gasteiger partial charge on any atom is 0.262 e. The van der Waals surface area contributed by atoms with Crippen molar-refractivity contribution in [2.45, 2.75) is 39.5 Å². The van der Waals surface area contributed by atoms with Gasteiger partial charge in [-0.05, 0) is 62.3 Å². The van der Waals surface area contributed by atoms with Crippen LogP contribution in [0.3, 0.4) is 0 Å². The van der Waals surface area contributed by atoms with Gasteiger partial charge in [-0.15, -0.1) is 11.3 Å². The number of carbonyl (C=O) groups excluding carboxylic acids is 1. The molecule has 3 aromatic rings. The Morgan fingerprint density at radius 2 is 2.08 bits per heavy atom. The SMILES string of the molecule is Cc1cccc(NC(=O)COc2ncnc3sc4c(c23)CCCC4)c1C. The zero-order chi connectivity index (χ0) is 18.1. The smallest absolute Gasteiger partial charge is 0.262 e. The lowest BCUT2D eigenvalue weighted by Crippen LogP contribution is -2.21. The summed E-state index contributed by atoms with van der Waals surface area (Å²) in [5, 5.41) is 3.91. The number of nitrogens with zero attached hydrogens (tertiary/aromatic N) is 2. The maximum absolute atomic E-state index is 12.3. The van der Waals surface area contributed by atoms with E-state index in [4.69, 9.17) is 4.74 Å². The first-order valence-corrected chi connectivity index (χ1v) is 9.69. The number of nitrogens with one attached hydrogen (secondary N) is 1. The fraction of sp³-hybridized carbons (Fsp3) is 0.350. The third-order valence-corrected chi connectivity index (χ3v) is 6.14. The van der Waals surface area contributed by atoms with Gasteiger partial charge in [-0.2, -0.15) is 0 Å². The molecule has 0 radical (unpaired) electrons. The molecule has 0 atom stereocenters. The fourth-order valence-corrected chi connectivity index (χ4v) is 4.60. The molecule has 1 aliphatic carbocycles. The molecule has 26 heavy (non-hydrogen) atoms. The lowest BCUT2D eigenvalue weighted by molar-refractivity contribution is -0.118. The predicted octanol–water partition coefficient (Wildman–Crippen LogP) is 4.20. The molecule has 1 aromatic carbocycles. The number of aromatic nitrogens is 2. The van der Waals surface area contributed by atoms with Crippen LogP contribution in [-0.4, -0.2) is 22.5 Å². The molecule has 4 rings (SSSR count). The van der Waals surface area contributed by atoms with E-state index < -0.39 is 0 Å². The van der Waals surface area contributed by atoms with Crippen molar-refractivity contribution in [1.29, 1.82) is 0 Å². The molecule has 0 unspecified atom stereocenters. The number of anilines is 1. The van der Waals surface area contributed by atoms with Gasteiger partial charge in [0.05, 0.1) is 5.39 Å². The molecular formula is C20H21N3O2S. The highest BCUT2D eigenvalue weighted by Gasteiger charge is 2.21. The largest absolute Gasteiger partial charge is 0.467 e. The summed E-state index contributed by atoms with van der Waals surface area (Å²) in [4.78, 5) is 23.4. The summed E-state index contributed by atoms with van der Waals surface area (Å²) >= 11 is 1.72. The zero-order valence-corrected chi connectivity index (χ0v) is 15.8. The summed E-state index contributed by atoms with van der Waals surface area (Å²) < 4.78 is 5.79. The van der Waals surface area contributed by atoms with Gasteiger partial charge < -0.3 is 10.1 Å². The van der Waals surface area contributed by atoms with E-state index in [0.29, 0.717) is 5.88 Å². The van der Waals surface area contributed by atoms with Crippen molar-refractivity contribution < 1.29 is 9.53 Å². The van der Waals surface area contributed by atoms with E-state index in [2.05, 4.69) is 15.3 Å². The monoisotopic (exact) mass is 367 g/mol. The first kappa shape index (κ1) is 17.0. The highest BCUT2D eigenvalue weighted by Crippen LogP contribution is 2.38. The normalized spacial score (nSPS) is 13.5. The molecule has 0 spiro atoms. The van der Waals surface area contributed by atoms with Crippen LogP contribution in [-0.2, 0) is 17.6 Å². The molecule has 1 aliphatic rings. The summed E-state index contributed by atoms with van der Waals surface area (Å²) in [6, 6.07) is 5.86. The van der Waals surface area contributed by atoms with E-state index in [0.717, 1.165) is 39.9 Å². The molecule has 0 saturated carbocycles. The number of ether oxygens (including phenoxy) is 1. The summed E-state index contributed by atoms with van der Waals surface area (Å²) in [5.74, 6) is 0.333. The van der Waals surface area contributed by atoms with Crippen LogP contribution in [0.5, 0.6) is 5.88 Å². The molecule has 0 fully saturated rings. The molecule has 134 valence electrons. The first-order valence-electron chi connectivity index (χ1n) is 8.87. The third kappa shape index (κ3) is 3.17. The number of fused-ring (bicyclic) bond motifs is 3. The fourth-order valence-electron chi connectivity index (χ4n) is 3.38. The van der Waals surface area contributed by atoms with Crippen molar-refractivity contribution in [3.8, 4) is 5.88 Å². The van der Waals surface area contributed by atoms with E-state index in [9.17, 15) is 4.79 Å². The highest BCUT2D eigenvalue weighted by molar-refractivity contribution is 7.18. The average Bonchev–Trinajstić information content (AvgIpc) is 3.03. The predicted molar refractivity (Wildman–Crippen MR) is 104 cm³/mol. The van der Waals surface area contributed by atoms with Gasteiger partial charge in [0.1, 0.15) is 11.2 Å². The van der Waals surface area contributed by atoms with Crippen LogP contribution in [0.2, 0.25) is 0 Å². The van der Waals surface area contributed by atoms with Gasteiger partial charge >= 0.3 is 0 Å². The van der Waals surface area contributed by atoms with Crippen LogP contribution in [0.25, 0.3) is 10.2 Å². The van der Waals surface area contributed by atoms with Gasteiger partial charge in [0.25, 0.3) is 5.91 Å². The van der Waals surface area contributed by atoms with Crippen molar-refractivity contribution in [3.05, 3.63) is 46.1 Å². The first-order chi connectivity index (χ1) is 12.6. The van der Waals surface area contributed by atoms with E-state index in [1.165, 1.54) is 29.6 Å². The van der Waals surface area contributed by atoms with E-state index in [1.807, 2.05) is 32.0 Å². The van der Waals surface area contributed by atoms with Gasteiger partial charge in [-0.25, -0.2) is 9.97 Å². The van der Waals surface area contributed by atoms with Crippen molar-refractivity contribution in [3.63, 3.8) is 0 Å². The van der Waals surface area contributed by atoms with Crippen LogP contribution in [0, 0.1) is 13.8 Å². The molecule has 5 nitrogen and oxygen atoms in total. The van der Waals surface area contributed by atoms with Crippen LogP contribution >= 0.6 is 11.3 Å². The van der Waals surface area contributed by atoms with E-state index in [1.54, 1.807) is 11.3 Å². The number of thiophene rings is 1. The summed E-state index contributed by atoms with van der Waals surface area (Å²) in [7, 11) is 0. The van der Waals surface area contributed by atoms with E-state index in [-0.39, 0.29) is 12.5 Å². The maximum atomic E-state index is 12.3. The van der Waals surface area contributed by atoms with Crippen LogP contribution in [0.4, 0.5) is 5.69 Å². The van der Waals surface area contributed by atoms with Gasteiger partial charge in [0.2, 0.25) is 5.88 Å². The van der Waals surface area contributed by atoms with Crippen LogP contribution in [0.1, 0.15) is 34.4 Å². The molecule has 0 bridgehead atoms. The number of hydrogen-bond donors (Lipinski definition) is 1. The standard InChI is InChI=1S/C20H21N3O2S/c1-12-6-5-8-15(13(12)2)23-17(24)10-25-19-18-14-7-3-4-9-16(14)26-20(18)22-11-21-19/h5-6,8,11H,3-4,7,9-10H2,1-2H3,(H,23,24). The van der Waals surface area contributed by atoms with Gasteiger partial charge in [-0.1, -0.05) is 12.1 Å². The lowest BCUT2D eigenvalue weighted by atomic mass is 9.97.